The molecule has 1 aliphatic heterocycles. The summed E-state index contributed by atoms with van der Waals surface area (Å²) >= 11 is 1.37. The molecule has 134 valence electrons. The van der Waals surface area contributed by atoms with E-state index in [1.807, 2.05) is 79.7 Å². The van der Waals surface area contributed by atoms with Crippen molar-refractivity contribution in [2.75, 3.05) is 19.0 Å². The predicted molar refractivity (Wildman–Crippen MR) is 116 cm³/mol. The Labute approximate surface area is 162 Å². The first-order chi connectivity index (χ1) is 13.1. The van der Waals surface area contributed by atoms with Crippen LogP contribution < -0.4 is 10.2 Å². The predicted octanol–water partition coefficient (Wildman–Crippen LogP) is 4.80. The van der Waals surface area contributed by atoms with Gasteiger partial charge in [0.15, 0.2) is 5.17 Å². The number of amidine groups is 1. The van der Waals surface area contributed by atoms with Crippen LogP contribution >= 0.6 is 11.8 Å². The molecule has 1 amide bonds. The van der Waals surface area contributed by atoms with Gasteiger partial charge in [-0.25, -0.2) is 4.99 Å². The third kappa shape index (κ3) is 3.73. The highest BCUT2D eigenvalue weighted by Gasteiger charge is 2.24. The van der Waals surface area contributed by atoms with Crippen LogP contribution in [-0.4, -0.2) is 25.2 Å². The molecule has 0 atom stereocenters. The van der Waals surface area contributed by atoms with Crippen molar-refractivity contribution < 1.29 is 4.79 Å². The van der Waals surface area contributed by atoms with Crippen molar-refractivity contribution in [2.24, 2.45) is 4.99 Å². The van der Waals surface area contributed by atoms with E-state index in [1.54, 1.807) is 0 Å². The fraction of sp³-hybridized carbons (Fsp3) is 0.0909. The highest BCUT2D eigenvalue weighted by atomic mass is 32.2. The number of hydrogen-bond donors (Lipinski definition) is 1. The highest BCUT2D eigenvalue weighted by Crippen LogP contribution is 2.31. The molecular formula is C22H19N3OS. The van der Waals surface area contributed by atoms with Crippen molar-refractivity contribution in [1.82, 2.24) is 5.32 Å². The average Bonchev–Trinajstić information content (AvgIpc) is 3.01. The Hall–Kier alpha value is -3.05. The van der Waals surface area contributed by atoms with Crippen molar-refractivity contribution in [2.45, 2.75) is 0 Å². The Bertz CT molecular complexity index is 1060. The summed E-state index contributed by atoms with van der Waals surface area (Å²) in [7, 11) is 4.01. The van der Waals surface area contributed by atoms with Crippen LogP contribution in [0.4, 0.5) is 11.4 Å². The molecule has 1 aliphatic rings. The molecule has 0 bridgehead atoms. The standard InChI is InChI=1S/C22H19N3OS/c1-25(2)17-12-10-15(11-13-17)14-20-21(26)24-22(27-20)23-19-9-5-7-16-6-3-4-8-18(16)19/h3-14H,1-2H3,(H,23,24,26)/b20-14-. The zero-order valence-electron chi connectivity index (χ0n) is 15.1. The maximum Gasteiger partial charge on any atom is 0.264 e. The summed E-state index contributed by atoms with van der Waals surface area (Å²) in [4.78, 5) is 19.7. The fourth-order valence-corrected chi connectivity index (χ4v) is 3.75. The molecular weight excluding hydrogens is 354 g/mol. The third-order valence-electron chi connectivity index (χ3n) is 4.35. The van der Waals surface area contributed by atoms with E-state index in [1.165, 1.54) is 11.8 Å². The maximum absolute atomic E-state index is 12.3. The molecule has 27 heavy (non-hydrogen) atoms. The minimum atomic E-state index is -0.115. The first-order valence-electron chi connectivity index (χ1n) is 8.65. The second-order valence-corrected chi connectivity index (χ2v) is 7.50. The SMILES string of the molecule is CN(C)c1ccc(/C=C2\SC(=Nc3cccc4ccccc34)NC2=O)cc1. The number of thioether (sulfide) groups is 1. The summed E-state index contributed by atoms with van der Waals surface area (Å²) in [6, 6.07) is 22.2. The number of rotatable bonds is 3. The van der Waals surface area contributed by atoms with Gasteiger partial charge in [-0.2, -0.15) is 0 Å². The van der Waals surface area contributed by atoms with Crippen LogP contribution in [0.3, 0.4) is 0 Å². The summed E-state index contributed by atoms with van der Waals surface area (Å²) in [5.41, 5.74) is 2.97. The Morgan fingerprint density at radius 3 is 2.48 bits per heavy atom. The van der Waals surface area contributed by atoms with Gasteiger partial charge in [-0.3, -0.25) is 4.79 Å². The van der Waals surface area contributed by atoms with Gasteiger partial charge in [0.1, 0.15) is 0 Å². The molecule has 1 fully saturated rings. The quantitative estimate of drug-likeness (QED) is 0.671. The molecule has 3 aromatic carbocycles. The van der Waals surface area contributed by atoms with Gasteiger partial charge in [0.25, 0.3) is 5.91 Å². The molecule has 4 nitrogen and oxygen atoms in total. The number of fused-ring (bicyclic) bond motifs is 1. The second-order valence-electron chi connectivity index (χ2n) is 6.47. The van der Waals surface area contributed by atoms with Gasteiger partial charge in [0.2, 0.25) is 0 Å². The second kappa shape index (κ2) is 7.29. The average molecular weight is 373 g/mol. The Morgan fingerprint density at radius 2 is 1.70 bits per heavy atom. The van der Waals surface area contributed by atoms with E-state index in [4.69, 9.17) is 0 Å². The minimum Gasteiger partial charge on any atom is -0.378 e. The van der Waals surface area contributed by atoms with Gasteiger partial charge in [-0.15, -0.1) is 0 Å². The number of nitrogens with zero attached hydrogens (tertiary/aromatic N) is 2. The summed E-state index contributed by atoms with van der Waals surface area (Å²) in [5, 5.41) is 5.67. The zero-order chi connectivity index (χ0) is 18.8. The molecule has 0 spiro atoms. The van der Waals surface area contributed by atoms with E-state index in [0.717, 1.165) is 27.7 Å². The largest absolute Gasteiger partial charge is 0.378 e. The summed E-state index contributed by atoms with van der Waals surface area (Å²) < 4.78 is 0. The third-order valence-corrected chi connectivity index (χ3v) is 5.26. The molecule has 0 radical (unpaired) electrons. The van der Waals surface area contributed by atoms with E-state index >= 15 is 0 Å². The molecule has 1 N–H and O–H groups in total. The van der Waals surface area contributed by atoms with E-state index < -0.39 is 0 Å². The summed E-state index contributed by atoms with van der Waals surface area (Å²) in [5.74, 6) is -0.115. The van der Waals surface area contributed by atoms with Crippen molar-refractivity contribution in [3.8, 4) is 0 Å². The topological polar surface area (TPSA) is 44.7 Å². The van der Waals surface area contributed by atoms with Gasteiger partial charge < -0.3 is 10.2 Å². The lowest BCUT2D eigenvalue weighted by Crippen LogP contribution is -2.19. The van der Waals surface area contributed by atoms with Gasteiger partial charge >= 0.3 is 0 Å². The number of amides is 1. The molecule has 0 saturated carbocycles. The van der Waals surface area contributed by atoms with E-state index in [2.05, 4.69) is 22.4 Å². The summed E-state index contributed by atoms with van der Waals surface area (Å²) in [6.07, 6.45) is 1.89. The molecule has 0 unspecified atom stereocenters. The van der Waals surface area contributed by atoms with Gasteiger partial charge in [-0.1, -0.05) is 48.5 Å². The highest BCUT2D eigenvalue weighted by molar-refractivity contribution is 8.18. The molecule has 0 aromatic heterocycles. The first kappa shape index (κ1) is 17.4. The fourth-order valence-electron chi connectivity index (χ4n) is 2.92. The lowest BCUT2D eigenvalue weighted by atomic mass is 10.1. The van der Waals surface area contributed by atoms with Crippen LogP contribution in [-0.2, 0) is 4.79 Å². The Morgan fingerprint density at radius 1 is 0.963 bits per heavy atom. The van der Waals surface area contributed by atoms with Crippen molar-refractivity contribution in [1.29, 1.82) is 0 Å². The smallest absolute Gasteiger partial charge is 0.264 e. The minimum absolute atomic E-state index is 0.115. The lowest BCUT2D eigenvalue weighted by Gasteiger charge is -2.11. The number of anilines is 1. The zero-order valence-corrected chi connectivity index (χ0v) is 16.0. The van der Waals surface area contributed by atoms with Crippen molar-refractivity contribution >= 4 is 51.1 Å². The molecule has 1 saturated heterocycles. The van der Waals surface area contributed by atoms with Crippen molar-refractivity contribution in [3.05, 3.63) is 77.2 Å². The van der Waals surface area contributed by atoms with E-state index in [-0.39, 0.29) is 5.91 Å². The molecule has 0 aliphatic carbocycles. The Balaban J connectivity index is 1.61. The lowest BCUT2D eigenvalue weighted by molar-refractivity contribution is -0.115. The maximum atomic E-state index is 12.3. The van der Waals surface area contributed by atoms with Crippen LogP contribution in [0, 0.1) is 0 Å². The van der Waals surface area contributed by atoms with Crippen LogP contribution in [0.1, 0.15) is 5.56 Å². The van der Waals surface area contributed by atoms with Gasteiger partial charge in [0, 0.05) is 25.2 Å². The molecule has 1 heterocycles. The number of nitrogens with one attached hydrogen (secondary N) is 1. The van der Waals surface area contributed by atoms with Crippen LogP contribution in [0.5, 0.6) is 0 Å². The molecule has 3 aromatic rings. The summed E-state index contributed by atoms with van der Waals surface area (Å²) in [6.45, 7) is 0. The number of carbonyl (C=O) groups is 1. The molecule has 5 heteroatoms. The number of benzene rings is 3. The van der Waals surface area contributed by atoms with E-state index in [0.29, 0.717) is 10.1 Å². The number of carbonyl (C=O) groups excluding carboxylic acids is 1. The van der Waals surface area contributed by atoms with Crippen LogP contribution in [0.2, 0.25) is 0 Å². The van der Waals surface area contributed by atoms with Crippen molar-refractivity contribution in [3.63, 3.8) is 0 Å². The number of hydrogen-bond acceptors (Lipinski definition) is 4. The van der Waals surface area contributed by atoms with Gasteiger partial charge in [-0.05, 0) is 47.0 Å². The molecule has 4 rings (SSSR count). The van der Waals surface area contributed by atoms with E-state index in [9.17, 15) is 4.79 Å². The first-order valence-corrected chi connectivity index (χ1v) is 9.46. The number of aliphatic imine (C=N–C) groups is 1. The van der Waals surface area contributed by atoms with Crippen LogP contribution in [0.15, 0.2) is 76.6 Å². The van der Waals surface area contributed by atoms with Crippen LogP contribution in [0.25, 0.3) is 16.8 Å². The normalized spacial score (nSPS) is 16.9. The monoisotopic (exact) mass is 373 g/mol. The van der Waals surface area contributed by atoms with Gasteiger partial charge in [0.05, 0.1) is 10.6 Å². The Kier molecular flexibility index (Phi) is 4.69.